The molecule has 5 rings (SSSR count). The average molecular weight is 533 g/mol. The van der Waals surface area contributed by atoms with Crippen LogP contribution < -0.4 is 26.3 Å². The van der Waals surface area contributed by atoms with E-state index in [0.29, 0.717) is 45.9 Å². The molecule has 0 amide bonds. The van der Waals surface area contributed by atoms with Crippen LogP contribution in [0.3, 0.4) is 0 Å². The lowest BCUT2D eigenvalue weighted by Gasteiger charge is -2.40. The molecule has 0 spiro atoms. The van der Waals surface area contributed by atoms with Gasteiger partial charge in [0.2, 0.25) is 5.95 Å². The molecule has 9 nitrogen and oxygen atoms in total. The van der Waals surface area contributed by atoms with Crippen molar-refractivity contribution in [3.8, 4) is 28.7 Å². The molecule has 2 heterocycles. The highest BCUT2D eigenvalue weighted by Crippen LogP contribution is 2.45. The highest BCUT2D eigenvalue weighted by atomic mass is 16.5. The summed E-state index contributed by atoms with van der Waals surface area (Å²) in [6.07, 6.45) is 2.24. The molecule has 9 heteroatoms. The molecule has 200 valence electrons. The van der Waals surface area contributed by atoms with E-state index in [2.05, 4.69) is 27.9 Å². The maximum Gasteiger partial charge on any atom is 0.221 e. The van der Waals surface area contributed by atoms with Crippen LogP contribution in [0, 0.1) is 11.3 Å². The second-order valence-corrected chi connectivity index (χ2v) is 9.34. The molecule has 40 heavy (non-hydrogen) atoms. The highest BCUT2D eigenvalue weighted by Gasteiger charge is 2.47. The molecule has 1 unspecified atom stereocenters. The van der Waals surface area contributed by atoms with Gasteiger partial charge in [-0.1, -0.05) is 49.0 Å². The van der Waals surface area contributed by atoms with E-state index in [-0.39, 0.29) is 23.1 Å². The predicted octanol–water partition coefficient (Wildman–Crippen LogP) is 3.87. The number of aromatic nitrogens is 2. The molecule has 1 aliphatic rings. The number of carbonyl (C=O) groups excluding carboxylic acids is 1. The van der Waals surface area contributed by atoms with Gasteiger partial charge in [0.25, 0.3) is 0 Å². The minimum Gasteiger partial charge on any atom is -0.493 e. The highest BCUT2D eigenvalue weighted by molar-refractivity contribution is 6.27. The van der Waals surface area contributed by atoms with Crippen LogP contribution in [0.15, 0.2) is 73.4 Å². The maximum absolute atomic E-state index is 14.8. The van der Waals surface area contributed by atoms with E-state index < -0.39 is 5.54 Å². The summed E-state index contributed by atoms with van der Waals surface area (Å²) in [6, 6.07) is 20.6. The van der Waals surface area contributed by atoms with E-state index >= 15 is 0 Å². The molecular weight excluding hydrogens is 504 g/mol. The van der Waals surface area contributed by atoms with Crippen molar-refractivity contribution in [1.29, 1.82) is 5.26 Å². The summed E-state index contributed by atoms with van der Waals surface area (Å²) < 4.78 is 11.4. The van der Waals surface area contributed by atoms with Crippen LogP contribution >= 0.6 is 0 Å². The van der Waals surface area contributed by atoms with Gasteiger partial charge in [0, 0.05) is 35.0 Å². The van der Waals surface area contributed by atoms with Crippen molar-refractivity contribution in [2.24, 2.45) is 0 Å². The van der Waals surface area contributed by atoms with Gasteiger partial charge in [-0.3, -0.25) is 10.1 Å². The topological polar surface area (TPSA) is 149 Å². The Morgan fingerprint density at radius 1 is 1.07 bits per heavy atom. The third-order valence-corrected chi connectivity index (χ3v) is 7.22. The third kappa shape index (κ3) is 4.21. The number of ketones is 1. The SMILES string of the molecule is C=C(C(=O)C1(c2ccccc2C#N)NCCc2ccccc21)c1cc(-c2cnc(N)nc2N)cc(OC)c1OC. The molecule has 0 aliphatic carbocycles. The van der Waals surface area contributed by atoms with Gasteiger partial charge in [0.1, 0.15) is 11.4 Å². The minimum atomic E-state index is -1.37. The van der Waals surface area contributed by atoms with E-state index in [0.717, 1.165) is 17.5 Å². The van der Waals surface area contributed by atoms with Gasteiger partial charge in [-0.25, -0.2) is 4.98 Å². The summed E-state index contributed by atoms with van der Waals surface area (Å²) in [5.41, 5.74) is 14.9. The average Bonchev–Trinajstić information content (AvgIpc) is 2.99. The first-order chi connectivity index (χ1) is 19.3. The van der Waals surface area contributed by atoms with Crippen molar-refractivity contribution in [2.45, 2.75) is 12.0 Å². The van der Waals surface area contributed by atoms with Gasteiger partial charge in [0.15, 0.2) is 17.3 Å². The molecule has 1 aromatic heterocycles. The number of nitriles is 1. The Bertz CT molecular complexity index is 1690. The first-order valence-corrected chi connectivity index (χ1v) is 12.6. The Labute approximate surface area is 232 Å². The number of methoxy groups -OCH3 is 2. The van der Waals surface area contributed by atoms with E-state index in [9.17, 15) is 10.1 Å². The summed E-state index contributed by atoms with van der Waals surface area (Å²) in [6.45, 7) is 4.79. The second kappa shape index (κ2) is 10.5. The fraction of sp³-hybridized carbons (Fsp3) is 0.161. The summed E-state index contributed by atoms with van der Waals surface area (Å²) in [5, 5.41) is 13.5. The van der Waals surface area contributed by atoms with Crippen LogP contribution in [0.1, 0.15) is 27.8 Å². The van der Waals surface area contributed by atoms with Gasteiger partial charge < -0.3 is 20.9 Å². The Balaban J connectivity index is 1.75. The fourth-order valence-corrected chi connectivity index (χ4v) is 5.38. The lowest BCUT2D eigenvalue weighted by molar-refractivity contribution is -0.118. The molecule has 5 N–H and O–H groups in total. The maximum atomic E-state index is 14.8. The van der Waals surface area contributed by atoms with Crippen LogP contribution in [0.2, 0.25) is 0 Å². The van der Waals surface area contributed by atoms with Crippen molar-refractivity contribution in [1.82, 2.24) is 15.3 Å². The molecule has 0 saturated carbocycles. The number of hydrogen-bond donors (Lipinski definition) is 3. The number of rotatable bonds is 7. The van der Waals surface area contributed by atoms with E-state index in [1.54, 1.807) is 30.3 Å². The summed E-state index contributed by atoms with van der Waals surface area (Å²) in [7, 11) is 3.00. The number of nitrogens with one attached hydrogen (secondary N) is 1. The Kier molecular flexibility index (Phi) is 6.94. The second-order valence-electron chi connectivity index (χ2n) is 9.34. The quantitative estimate of drug-likeness (QED) is 0.302. The van der Waals surface area contributed by atoms with E-state index in [1.807, 2.05) is 30.3 Å². The molecule has 0 saturated heterocycles. The number of anilines is 2. The number of ether oxygens (including phenoxy) is 2. The number of hydrogen-bond acceptors (Lipinski definition) is 9. The van der Waals surface area contributed by atoms with Gasteiger partial charge >= 0.3 is 0 Å². The summed E-state index contributed by atoms with van der Waals surface area (Å²) in [4.78, 5) is 23.0. The minimum absolute atomic E-state index is 0.0432. The van der Waals surface area contributed by atoms with Crippen LogP contribution in [0.4, 0.5) is 11.8 Å². The molecule has 0 radical (unpaired) electrons. The monoisotopic (exact) mass is 532 g/mol. The van der Waals surface area contributed by atoms with Crippen LogP contribution in [0.5, 0.6) is 11.5 Å². The standard InChI is InChI=1S/C31H28N6O3/c1-18(22-14-21(15-26(39-2)27(22)40-3)23-17-35-30(34)37-29(23)33)28(38)31(25-11-7-5-9-20(25)16-32)24-10-6-4-8-19(24)12-13-36-31/h4-11,14-15,17,36H,1,12-13H2,2-3H3,(H4,33,34,35,37). The van der Waals surface area contributed by atoms with E-state index in [4.69, 9.17) is 20.9 Å². The molecule has 4 aromatic rings. The van der Waals surface area contributed by atoms with Crippen molar-refractivity contribution in [2.75, 3.05) is 32.2 Å². The van der Waals surface area contributed by atoms with Crippen molar-refractivity contribution in [3.05, 3.63) is 101 Å². The van der Waals surface area contributed by atoms with Gasteiger partial charge in [-0.2, -0.15) is 10.2 Å². The largest absolute Gasteiger partial charge is 0.493 e. The third-order valence-electron chi connectivity index (χ3n) is 7.22. The number of benzene rings is 3. The van der Waals surface area contributed by atoms with Crippen molar-refractivity contribution < 1.29 is 14.3 Å². The van der Waals surface area contributed by atoms with Crippen LogP contribution in [-0.4, -0.2) is 36.5 Å². The zero-order chi connectivity index (χ0) is 28.4. The predicted molar refractivity (Wildman–Crippen MR) is 154 cm³/mol. The normalized spacial score (nSPS) is 15.9. The van der Waals surface area contributed by atoms with Gasteiger partial charge in [0.05, 0.1) is 25.9 Å². The molecule has 0 bridgehead atoms. The fourth-order valence-electron chi connectivity index (χ4n) is 5.38. The number of fused-ring (bicyclic) bond motifs is 1. The lowest BCUT2D eigenvalue weighted by Crippen LogP contribution is -2.54. The number of nitrogens with zero attached hydrogens (tertiary/aromatic N) is 3. The summed E-state index contributed by atoms with van der Waals surface area (Å²) in [5.74, 6) is 0.573. The van der Waals surface area contributed by atoms with Crippen LogP contribution in [0.25, 0.3) is 16.7 Å². The van der Waals surface area contributed by atoms with Gasteiger partial charge in [-0.15, -0.1) is 0 Å². The zero-order valence-corrected chi connectivity index (χ0v) is 22.2. The number of carbonyl (C=O) groups is 1. The lowest BCUT2D eigenvalue weighted by atomic mass is 9.70. The van der Waals surface area contributed by atoms with Gasteiger partial charge in [-0.05, 0) is 41.3 Å². The Morgan fingerprint density at radius 3 is 2.50 bits per heavy atom. The zero-order valence-electron chi connectivity index (χ0n) is 22.2. The Morgan fingerprint density at radius 2 is 1.80 bits per heavy atom. The number of nitrogen functional groups attached to an aromatic ring is 2. The molecule has 1 aliphatic heterocycles. The smallest absolute Gasteiger partial charge is 0.221 e. The molecular formula is C31H28N6O3. The number of Topliss-reactive ketones (excluding diaryl/α,β-unsaturated/α-hetero) is 1. The van der Waals surface area contributed by atoms with Crippen molar-refractivity contribution >= 4 is 23.1 Å². The molecule has 1 atom stereocenters. The Hall–Kier alpha value is -5.20. The van der Waals surface area contributed by atoms with E-state index in [1.165, 1.54) is 20.4 Å². The number of nitrogens with two attached hydrogens (primary N) is 2. The first-order valence-electron chi connectivity index (χ1n) is 12.6. The molecule has 3 aromatic carbocycles. The first kappa shape index (κ1) is 26.4. The summed E-state index contributed by atoms with van der Waals surface area (Å²) >= 11 is 0. The van der Waals surface area contributed by atoms with Crippen LogP contribution in [-0.2, 0) is 16.8 Å². The molecule has 0 fully saturated rings. The van der Waals surface area contributed by atoms with Crippen molar-refractivity contribution in [3.63, 3.8) is 0 Å².